The number of ether oxygens (including phenoxy) is 2. The molecule has 0 bridgehead atoms. The Morgan fingerprint density at radius 3 is 2.86 bits per heavy atom. The second-order valence-electron chi connectivity index (χ2n) is 5.59. The molecule has 1 aliphatic rings. The van der Waals surface area contributed by atoms with Gasteiger partial charge in [-0.3, -0.25) is 0 Å². The molecule has 2 rings (SSSR count). The van der Waals surface area contributed by atoms with E-state index in [2.05, 4.69) is 13.8 Å². The molecule has 21 heavy (non-hydrogen) atoms. The number of methoxy groups -OCH3 is 1. The molecule has 112 valence electrons. The average molecular weight is 286 g/mol. The monoisotopic (exact) mass is 286 g/mol. The first-order chi connectivity index (χ1) is 10.1. The van der Waals surface area contributed by atoms with Gasteiger partial charge in [0.2, 0.25) is 0 Å². The molecule has 0 N–H and O–H groups in total. The predicted octanol–water partition coefficient (Wildman–Crippen LogP) is 3.78. The Kier molecular flexibility index (Phi) is 5.20. The van der Waals surface area contributed by atoms with Gasteiger partial charge in [0.25, 0.3) is 0 Å². The SMILES string of the molecule is COc1ccc2c(c1)CC=CC(C(=O)OCCC(C)C)=C2. The molecule has 0 radical (unpaired) electrons. The van der Waals surface area contributed by atoms with E-state index in [-0.39, 0.29) is 5.97 Å². The van der Waals surface area contributed by atoms with Crippen LogP contribution >= 0.6 is 0 Å². The summed E-state index contributed by atoms with van der Waals surface area (Å²) in [4.78, 5) is 12.1. The highest BCUT2D eigenvalue weighted by molar-refractivity contribution is 5.97. The number of hydrogen-bond acceptors (Lipinski definition) is 3. The van der Waals surface area contributed by atoms with E-state index in [0.29, 0.717) is 18.1 Å². The van der Waals surface area contributed by atoms with Crippen molar-refractivity contribution in [1.29, 1.82) is 0 Å². The highest BCUT2D eigenvalue weighted by Crippen LogP contribution is 2.24. The zero-order valence-corrected chi connectivity index (χ0v) is 12.9. The van der Waals surface area contributed by atoms with Crippen molar-refractivity contribution < 1.29 is 14.3 Å². The van der Waals surface area contributed by atoms with Crippen molar-refractivity contribution >= 4 is 12.0 Å². The van der Waals surface area contributed by atoms with Crippen LogP contribution in [-0.4, -0.2) is 19.7 Å². The van der Waals surface area contributed by atoms with Crippen molar-refractivity contribution in [3.05, 3.63) is 47.1 Å². The minimum atomic E-state index is -0.254. The van der Waals surface area contributed by atoms with Gasteiger partial charge in [0.1, 0.15) is 5.75 Å². The lowest BCUT2D eigenvalue weighted by Gasteiger charge is -2.08. The van der Waals surface area contributed by atoms with E-state index in [9.17, 15) is 4.79 Å². The molecular formula is C18H22O3. The molecule has 0 fully saturated rings. The zero-order chi connectivity index (χ0) is 15.2. The molecule has 0 saturated heterocycles. The zero-order valence-electron chi connectivity index (χ0n) is 12.9. The van der Waals surface area contributed by atoms with E-state index in [1.54, 1.807) is 7.11 Å². The van der Waals surface area contributed by atoms with E-state index in [0.717, 1.165) is 29.7 Å². The first kappa shape index (κ1) is 15.4. The van der Waals surface area contributed by atoms with Gasteiger partial charge in [0.05, 0.1) is 19.3 Å². The maximum Gasteiger partial charge on any atom is 0.338 e. The van der Waals surface area contributed by atoms with Gasteiger partial charge >= 0.3 is 5.97 Å². The molecule has 0 spiro atoms. The van der Waals surface area contributed by atoms with Crippen LogP contribution in [0, 0.1) is 5.92 Å². The van der Waals surface area contributed by atoms with Crippen LogP contribution < -0.4 is 4.74 Å². The molecule has 1 aromatic rings. The van der Waals surface area contributed by atoms with Crippen molar-refractivity contribution in [3.8, 4) is 5.75 Å². The molecule has 0 saturated carbocycles. The van der Waals surface area contributed by atoms with Crippen molar-refractivity contribution in [2.45, 2.75) is 26.7 Å². The topological polar surface area (TPSA) is 35.5 Å². The lowest BCUT2D eigenvalue weighted by molar-refractivity contribution is -0.138. The Balaban J connectivity index is 2.12. The number of carbonyl (C=O) groups is 1. The van der Waals surface area contributed by atoms with Crippen LogP contribution in [0.2, 0.25) is 0 Å². The maximum absolute atomic E-state index is 12.1. The van der Waals surface area contributed by atoms with Gasteiger partial charge in [0, 0.05) is 0 Å². The van der Waals surface area contributed by atoms with Crippen molar-refractivity contribution in [3.63, 3.8) is 0 Å². The van der Waals surface area contributed by atoms with E-state index >= 15 is 0 Å². The average Bonchev–Trinajstić information content (AvgIpc) is 2.68. The van der Waals surface area contributed by atoms with Crippen molar-refractivity contribution in [2.24, 2.45) is 5.92 Å². The van der Waals surface area contributed by atoms with E-state index in [1.807, 2.05) is 36.4 Å². The fraction of sp³-hybridized carbons (Fsp3) is 0.389. The summed E-state index contributed by atoms with van der Waals surface area (Å²) in [5.74, 6) is 1.11. The van der Waals surface area contributed by atoms with Crippen LogP contribution in [0.15, 0.2) is 35.9 Å². The summed E-state index contributed by atoms with van der Waals surface area (Å²) >= 11 is 0. The smallest absolute Gasteiger partial charge is 0.338 e. The summed E-state index contributed by atoms with van der Waals surface area (Å²) in [5, 5.41) is 0. The minimum absolute atomic E-state index is 0.254. The fourth-order valence-corrected chi connectivity index (χ4v) is 2.15. The predicted molar refractivity (Wildman–Crippen MR) is 84.2 cm³/mol. The molecule has 0 unspecified atom stereocenters. The normalized spacial score (nSPS) is 13.4. The lowest BCUT2D eigenvalue weighted by Crippen LogP contribution is -2.09. The maximum atomic E-state index is 12.1. The van der Waals surface area contributed by atoms with Crippen LogP contribution in [-0.2, 0) is 16.0 Å². The van der Waals surface area contributed by atoms with Crippen LogP contribution in [0.5, 0.6) is 5.75 Å². The summed E-state index contributed by atoms with van der Waals surface area (Å²) in [6.07, 6.45) is 7.38. The second-order valence-corrected chi connectivity index (χ2v) is 5.59. The summed E-state index contributed by atoms with van der Waals surface area (Å²) < 4.78 is 10.6. The molecule has 0 aliphatic heterocycles. The molecular weight excluding hydrogens is 264 g/mol. The van der Waals surface area contributed by atoms with Crippen LogP contribution in [0.4, 0.5) is 0 Å². The number of fused-ring (bicyclic) bond motifs is 1. The lowest BCUT2D eigenvalue weighted by atomic mass is 10.0. The summed E-state index contributed by atoms with van der Waals surface area (Å²) in [5.41, 5.74) is 2.79. The standard InChI is InChI=1S/C18H22O3/c1-13(2)9-10-21-18(19)16-6-4-5-14-12-17(20-3)8-7-15(14)11-16/h4,6-8,11-13H,5,9-10H2,1-3H3. The molecule has 0 amide bonds. The Bertz CT molecular complexity index is 568. The first-order valence-corrected chi connectivity index (χ1v) is 7.32. The van der Waals surface area contributed by atoms with Crippen LogP contribution in [0.1, 0.15) is 31.4 Å². The molecule has 0 atom stereocenters. The number of rotatable bonds is 5. The second kappa shape index (κ2) is 7.11. The summed E-state index contributed by atoms with van der Waals surface area (Å²) in [6, 6.07) is 5.88. The van der Waals surface area contributed by atoms with Crippen molar-refractivity contribution in [1.82, 2.24) is 0 Å². The largest absolute Gasteiger partial charge is 0.497 e. The summed E-state index contributed by atoms with van der Waals surface area (Å²) in [6.45, 7) is 4.70. The van der Waals surface area contributed by atoms with E-state index < -0.39 is 0 Å². The third-order valence-corrected chi connectivity index (χ3v) is 3.46. The van der Waals surface area contributed by atoms with Crippen LogP contribution in [0.25, 0.3) is 6.08 Å². The quantitative estimate of drug-likeness (QED) is 0.773. The van der Waals surface area contributed by atoms with Gasteiger partial charge in [-0.15, -0.1) is 0 Å². The molecule has 1 aromatic carbocycles. The number of allylic oxidation sites excluding steroid dienone is 1. The third kappa shape index (κ3) is 4.22. The molecule has 1 aliphatic carbocycles. The minimum Gasteiger partial charge on any atom is -0.497 e. The van der Waals surface area contributed by atoms with Crippen LogP contribution in [0.3, 0.4) is 0 Å². The number of esters is 1. The van der Waals surface area contributed by atoms with Gasteiger partial charge in [-0.1, -0.05) is 32.1 Å². The highest BCUT2D eigenvalue weighted by Gasteiger charge is 2.13. The molecule has 3 heteroatoms. The molecule has 0 heterocycles. The van der Waals surface area contributed by atoms with Gasteiger partial charge < -0.3 is 9.47 Å². The van der Waals surface area contributed by atoms with Gasteiger partial charge in [-0.05, 0) is 48.1 Å². The van der Waals surface area contributed by atoms with Crippen molar-refractivity contribution in [2.75, 3.05) is 13.7 Å². The number of hydrogen-bond donors (Lipinski definition) is 0. The summed E-state index contributed by atoms with van der Waals surface area (Å²) in [7, 11) is 1.65. The highest BCUT2D eigenvalue weighted by atomic mass is 16.5. The Morgan fingerprint density at radius 2 is 2.14 bits per heavy atom. The van der Waals surface area contributed by atoms with Gasteiger partial charge in [0.15, 0.2) is 0 Å². The van der Waals surface area contributed by atoms with Gasteiger partial charge in [-0.2, -0.15) is 0 Å². The third-order valence-electron chi connectivity index (χ3n) is 3.46. The van der Waals surface area contributed by atoms with E-state index in [4.69, 9.17) is 9.47 Å². The Labute approximate surface area is 126 Å². The van der Waals surface area contributed by atoms with E-state index in [1.165, 1.54) is 0 Å². The number of benzene rings is 1. The number of carbonyl (C=O) groups excluding carboxylic acids is 1. The Morgan fingerprint density at radius 1 is 1.33 bits per heavy atom. The molecule has 0 aromatic heterocycles. The first-order valence-electron chi connectivity index (χ1n) is 7.32. The molecule has 3 nitrogen and oxygen atoms in total. The fourth-order valence-electron chi connectivity index (χ4n) is 2.15. The Hall–Kier alpha value is -2.03. The van der Waals surface area contributed by atoms with Gasteiger partial charge in [-0.25, -0.2) is 4.79 Å².